The smallest absolute Gasteiger partial charge is 0.223 e. The summed E-state index contributed by atoms with van der Waals surface area (Å²) in [5, 5.41) is 7.36. The van der Waals surface area contributed by atoms with E-state index in [9.17, 15) is 0 Å². The van der Waals surface area contributed by atoms with Gasteiger partial charge in [-0.2, -0.15) is 0 Å². The highest BCUT2D eigenvalue weighted by Gasteiger charge is 2.03. The number of rotatable bonds is 2. The van der Waals surface area contributed by atoms with E-state index in [1.165, 1.54) is 12.0 Å². The van der Waals surface area contributed by atoms with Gasteiger partial charge in [0.15, 0.2) is 0 Å². The van der Waals surface area contributed by atoms with Crippen LogP contribution < -0.4 is 0 Å². The van der Waals surface area contributed by atoms with Gasteiger partial charge in [-0.3, -0.25) is 5.41 Å². The molecule has 0 radical (unpaired) electrons. The van der Waals surface area contributed by atoms with Crippen LogP contribution in [0.2, 0.25) is 0 Å². The predicted octanol–water partition coefficient (Wildman–Crippen LogP) is 2.28. The number of thiophene rings is 1. The van der Waals surface area contributed by atoms with Gasteiger partial charge < -0.3 is 4.74 Å². The van der Waals surface area contributed by atoms with Gasteiger partial charge in [-0.1, -0.05) is 6.92 Å². The molecule has 1 heterocycles. The van der Waals surface area contributed by atoms with Crippen LogP contribution in [-0.4, -0.2) is 13.0 Å². The fraction of sp³-hybridized carbons (Fsp3) is 0.375. The molecule has 0 aliphatic carbocycles. The fourth-order valence-corrected chi connectivity index (χ4v) is 1.67. The lowest BCUT2D eigenvalue weighted by atomic mass is 10.4. The molecule has 2 nitrogen and oxygen atoms in total. The van der Waals surface area contributed by atoms with Crippen molar-refractivity contribution in [3.63, 3.8) is 0 Å². The predicted molar refractivity (Wildman–Crippen MR) is 47.5 cm³/mol. The average Bonchev–Trinajstić information content (AvgIpc) is 2.50. The van der Waals surface area contributed by atoms with Crippen LogP contribution in [0.4, 0.5) is 0 Å². The Morgan fingerprint density at radius 1 is 1.64 bits per heavy atom. The molecule has 0 saturated heterocycles. The van der Waals surface area contributed by atoms with Crippen LogP contribution in [0.15, 0.2) is 12.1 Å². The molecule has 1 rings (SSSR count). The second-order valence-corrected chi connectivity index (χ2v) is 3.32. The Morgan fingerprint density at radius 3 is 2.82 bits per heavy atom. The zero-order chi connectivity index (χ0) is 8.27. The van der Waals surface area contributed by atoms with Gasteiger partial charge >= 0.3 is 0 Å². The van der Waals surface area contributed by atoms with Crippen molar-refractivity contribution in [1.82, 2.24) is 0 Å². The van der Waals surface area contributed by atoms with Crippen LogP contribution in [0.25, 0.3) is 0 Å². The monoisotopic (exact) mass is 169 g/mol. The van der Waals surface area contributed by atoms with Crippen molar-refractivity contribution >= 4 is 17.2 Å². The van der Waals surface area contributed by atoms with Crippen LogP contribution in [0.1, 0.15) is 16.7 Å². The maximum Gasteiger partial charge on any atom is 0.223 e. The van der Waals surface area contributed by atoms with Gasteiger partial charge in [-0.15, -0.1) is 11.3 Å². The maximum atomic E-state index is 7.36. The number of nitrogens with one attached hydrogen (secondary N) is 1. The summed E-state index contributed by atoms with van der Waals surface area (Å²) in [6.07, 6.45) is 1.03. The molecule has 0 fully saturated rings. The van der Waals surface area contributed by atoms with E-state index in [4.69, 9.17) is 10.1 Å². The molecular formula is C8H11NOS. The van der Waals surface area contributed by atoms with Gasteiger partial charge in [0, 0.05) is 4.88 Å². The van der Waals surface area contributed by atoms with E-state index >= 15 is 0 Å². The van der Waals surface area contributed by atoms with E-state index in [0.717, 1.165) is 11.3 Å². The van der Waals surface area contributed by atoms with Crippen LogP contribution >= 0.6 is 11.3 Å². The lowest BCUT2D eigenvalue weighted by molar-refractivity contribution is 0.402. The summed E-state index contributed by atoms with van der Waals surface area (Å²) in [5.74, 6) is 0.259. The Bertz CT molecular complexity index is 254. The molecule has 11 heavy (non-hydrogen) atoms. The minimum absolute atomic E-state index is 0.259. The van der Waals surface area contributed by atoms with Crippen LogP contribution in [0.3, 0.4) is 0 Å². The molecule has 1 N–H and O–H groups in total. The Kier molecular flexibility index (Phi) is 2.65. The van der Waals surface area contributed by atoms with Crippen molar-refractivity contribution in [2.75, 3.05) is 7.11 Å². The first-order valence-electron chi connectivity index (χ1n) is 3.49. The standard InChI is InChI=1S/C8H11NOS/c1-3-6-4-5-7(11-6)8(9)10-2/h4-5,9H,3H2,1-2H3. The van der Waals surface area contributed by atoms with Gasteiger partial charge in [0.1, 0.15) is 0 Å². The molecule has 0 aliphatic heterocycles. The third kappa shape index (κ3) is 1.80. The molecule has 0 atom stereocenters. The van der Waals surface area contributed by atoms with Crippen molar-refractivity contribution in [1.29, 1.82) is 5.41 Å². The van der Waals surface area contributed by atoms with Crippen molar-refractivity contribution in [3.8, 4) is 0 Å². The molecule has 0 aliphatic rings. The Morgan fingerprint density at radius 2 is 2.36 bits per heavy atom. The van der Waals surface area contributed by atoms with Crippen molar-refractivity contribution in [2.24, 2.45) is 0 Å². The summed E-state index contributed by atoms with van der Waals surface area (Å²) in [7, 11) is 1.52. The third-order valence-corrected chi connectivity index (χ3v) is 2.67. The van der Waals surface area contributed by atoms with Gasteiger partial charge in [-0.25, -0.2) is 0 Å². The topological polar surface area (TPSA) is 33.1 Å². The Labute approximate surface area is 70.3 Å². The molecule has 3 heteroatoms. The van der Waals surface area contributed by atoms with Crippen molar-refractivity contribution in [3.05, 3.63) is 21.9 Å². The number of ether oxygens (including phenoxy) is 1. The zero-order valence-electron chi connectivity index (χ0n) is 6.68. The molecule has 60 valence electrons. The molecular weight excluding hydrogens is 158 g/mol. The normalized spacial score (nSPS) is 9.64. The summed E-state index contributed by atoms with van der Waals surface area (Å²) in [4.78, 5) is 2.20. The summed E-state index contributed by atoms with van der Waals surface area (Å²) in [6, 6.07) is 3.96. The molecule has 1 aromatic heterocycles. The van der Waals surface area contributed by atoms with E-state index in [-0.39, 0.29) is 5.90 Å². The summed E-state index contributed by atoms with van der Waals surface area (Å²) < 4.78 is 4.79. The molecule has 0 spiro atoms. The molecule has 0 amide bonds. The SMILES string of the molecule is CCc1ccc(C(=N)OC)s1. The molecule has 0 bridgehead atoms. The molecule has 0 saturated carbocycles. The van der Waals surface area contributed by atoms with Gasteiger partial charge in [0.2, 0.25) is 5.90 Å². The number of aryl methyl sites for hydroxylation is 1. The second kappa shape index (κ2) is 3.53. The Hall–Kier alpha value is -0.830. The van der Waals surface area contributed by atoms with E-state index in [2.05, 4.69) is 6.92 Å². The van der Waals surface area contributed by atoms with Crippen LogP contribution in [-0.2, 0) is 11.2 Å². The highest BCUT2D eigenvalue weighted by Crippen LogP contribution is 2.17. The summed E-state index contributed by atoms with van der Waals surface area (Å²) in [6.45, 7) is 2.10. The van der Waals surface area contributed by atoms with Crippen molar-refractivity contribution in [2.45, 2.75) is 13.3 Å². The molecule has 0 aromatic carbocycles. The van der Waals surface area contributed by atoms with E-state index in [1.54, 1.807) is 11.3 Å². The quantitative estimate of drug-likeness (QED) is 0.534. The summed E-state index contributed by atoms with van der Waals surface area (Å²) in [5.41, 5.74) is 0. The number of hydrogen-bond donors (Lipinski definition) is 1. The lowest BCUT2D eigenvalue weighted by Crippen LogP contribution is -1.96. The van der Waals surface area contributed by atoms with Gasteiger partial charge in [-0.05, 0) is 18.6 Å². The second-order valence-electron chi connectivity index (χ2n) is 2.15. The van der Waals surface area contributed by atoms with E-state index < -0.39 is 0 Å². The average molecular weight is 169 g/mol. The minimum Gasteiger partial charge on any atom is -0.480 e. The van der Waals surface area contributed by atoms with E-state index in [0.29, 0.717) is 0 Å². The van der Waals surface area contributed by atoms with Gasteiger partial charge in [0.25, 0.3) is 0 Å². The van der Waals surface area contributed by atoms with Crippen LogP contribution in [0, 0.1) is 5.41 Å². The molecule has 1 aromatic rings. The number of hydrogen-bond acceptors (Lipinski definition) is 3. The first kappa shape index (κ1) is 8.27. The first-order valence-corrected chi connectivity index (χ1v) is 4.31. The number of methoxy groups -OCH3 is 1. The Balaban J connectivity index is 2.80. The van der Waals surface area contributed by atoms with Crippen LogP contribution in [0.5, 0.6) is 0 Å². The minimum atomic E-state index is 0.259. The highest BCUT2D eigenvalue weighted by molar-refractivity contribution is 7.13. The largest absolute Gasteiger partial charge is 0.480 e. The maximum absolute atomic E-state index is 7.36. The fourth-order valence-electron chi connectivity index (χ4n) is 0.791. The zero-order valence-corrected chi connectivity index (χ0v) is 7.49. The first-order chi connectivity index (χ1) is 5.27. The van der Waals surface area contributed by atoms with Gasteiger partial charge in [0.05, 0.1) is 12.0 Å². The summed E-state index contributed by atoms with van der Waals surface area (Å²) >= 11 is 1.62. The van der Waals surface area contributed by atoms with E-state index in [1.807, 2.05) is 12.1 Å². The molecule has 0 unspecified atom stereocenters. The highest BCUT2D eigenvalue weighted by atomic mass is 32.1. The van der Waals surface area contributed by atoms with Crippen molar-refractivity contribution < 1.29 is 4.74 Å². The third-order valence-electron chi connectivity index (χ3n) is 1.44. The lowest BCUT2D eigenvalue weighted by Gasteiger charge is -1.95.